The van der Waals surface area contributed by atoms with Crippen LogP contribution in [-0.4, -0.2) is 55.0 Å². The molecule has 8 heteroatoms. The SMILES string of the molecule is Cl.O=C(c1ccc(N2CCCC2)c([N+](=O)[O-])c1)N1CCNCC1. The molecule has 3 rings (SSSR count). The highest BCUT2D eigenvalue weighted by atomic mass is 35.5. The van der Waals surface area contributed by atoms with Crippen molar-refractivity contribution in [3.63, 3.8) is 0 Å². The summed E-state index contributed by atoms with van der Waals surface area (Å²) >= 11 is 0. The molecule has 1 aromatic rings. The summed E-state index contributed by atoms with van der Waals surface area (Å²) in [6.45, 7) is 4.48. The molecule has 1 aromatic carbocycles. The van der Waals surface area contributed by atoms with E-state index >= 15 is 0 Å². The van der Waals surface area contributed by atoms with Gasteiger partial charge in [0.05, 0.1) is 4.92 Å². The molecule has 2 saturated heterocycles. The van der Waals surface area contributed by atoms with Gasteiger partial charge in [0, 0.05) is 50.9 Å². The van der Waals surface area contributed by atoms with Crippen molar-refractivity contribution in [2.45, 2.75) is 12.8 Å². The molecule has 1 amide bonds. The van der Waals surface area contributed by atoms with Crippen molar-refractivity contribution >= 4 is 29.7 Å². The highest BCUT2D eigenvalue weighted by molar-refractivity contribution is 5.96. The third kappa shape index (κ3) is 3.73. The van der Waals surface area contributed by atoms with Gasteiger partial charge in [0.1, 0.15) is 5.69 Å². The minimum atomic E-state index is -0.387. The Labute approximate surface area is 141 Å². The van der Waals surface area contributed by atoms with Gasteiger partial charge in [0.15, 0.2) is 0 Å². The average molecular weight is 341 g/mol. The number of nitro benzene ring substituents is 1. The van der Waals surface area contributed by atoms with Crippen molar-refractivity contribution in [2.24, 2.45) is 0 Å². The fourth-order valence-electron chi connectivity index (χ4n) is 3.08. The van der Waals surface area contributed by atoms with Crippen LogP contribution in [0.5, 0.6) is 0 Å². The van der Waals surface area contributed by atoms with Crippen LogP contribution in [-0.2, 0) is 0 Å². The Balaban J connectivity index is 0.00000192. The van der Waals surface area contributed by atoms with Gasteiger partial charge in [-0.2, -0.15) is 0 Å². The molecule has 1 N–H and O–H groups in total. The molecule has 0 unspecified atom stereocenters. The largest absolute Gasteiger partial charge is 0.366 e. The molecule has 0 spiro atoms. The van der Waals surface area contributed by atoms with E-state index in [1.165, 1.54) is 6.07 Å². The number of amides is 1. The highest BCUT2D eigenvalue weighted by Gasteiger charge is 2.25. The van der Waals surface area contributed by atoms with E-state index < -0.39 is 0 Å². The first-order chi connectivity index (χ1) is 10.7. The van der Waals surface area contributed by atoms with Gasteiger partial charge in [0.2, 0.25) is 0 Å². The summed E-state index contributed by atoms with van der Waals surface area (Å²) in [5.41, 5.74) is 1.05. The molecule has 7 nitrogen and oxygen atoms in total. The topological polar surface area (TPSA) is 78.7 Å². The van der Waals surface area contributed by atoms with Crippen LogP contribution in [0.15, 0.2) is 18.2 Å². The van der Waals surface area contributed by atoms with Crippen molar-refractivity contribution < 1.29 is 9.72 Å². The zero-order chi connectivity index (χ0) is 15.5. The van der Waals surface area contributed by atoms with E-state index in [2.05, 4.69) is 5.32 Å². The van der Waals surface area contributed by atoms with Gasteiger partial charge >= 0.3 is 0 Å². The summed E-state index contributed by atoms with van der Waals surface area (Å²) < 4.78 is 0. The zero-order valence-corrected chi connectivity index (χ0v) is 13.7. The lowest BCUT2D eigenvalue weighted by Gasteiger charge is -2.27. The van der Waals surface area contributed by atoms with Crippen LogP contribution < -0.4 is 10.2 Å². The van der Waals surface area contributed by atoms with Gasteiger partial charge in [0.25, 0.3) is 11.6 Å². The van der Waals surface area contributed by atoms with Crippen molar-refractivity contribution in [3.05, 3.63) is 33.9 Å². The van der Waals surface area contributed by atoms with Gasteiger partial charge in [-0.1, -0.05) is 0 Å². The maximum absolute atomic E-state index is 12.5. The van der Waals surface area contributed by atoms with Crippen LogP contribution in [0.3, 0.4) is 0 Å². The molecule has 2 aliphatic heterocycles. The second-order valence-electron chi connectivity index (χ2n) is 5.70. The Morgan fingerprint density at radius 3 is 2.39 bits per heavy atom. The minimum Gasteiger partial charge on any atom is -0.366 e. The normalized spacial score (nSPS) is 17.7. The number of nitrogens with zero attached hydrogens (tertiary/aromatic N) is 3. The highest BCUT2D eigenvalue weighted by Crippen LogP contribution is 2.32. The number of carbonyl (C=O) groups is 1. The van der Waals surface area contributed by atoms with Gasteiger partial charge < -0.3 is 15.1 Å². The van der Waals surface area contributed by atoms with Crippen LogP contribution in [0, 0.1) is 10.1 Å². The molecular formula is C15H21ClN4O3. The quantitative estimate of drug-likeness (QED) is 0.668. The summed E-state index contributed by atoms with van der Waals surface area (Å²) in [6.07, 6.45) is 2.11. The van der Waals surface area contributed by atoms with Crippen molar-refractivity contribution in [2.75, 3.05) is 44.2 Å². The van der Waals surface area contributed by atoms with Gasteiger partial charge in [-0.25, -0.2) is 0 Å². The minimum absolute atomic E-state index is 0. The van der Waals surface area contributed by atoms with E-state index in [0.717, 1.165) is 39.0 Å². The first-order valence-corrected chi connectivity index (χ1v) is 7.70. The second-order valence-corrected chi connectivity index (χ2v) is 5.70. The number of piperazine rings is 1. The first-order valence-electron chi connectivity index (χ1n) is 7.70. The number of hydrogen-bond acceptors (Lipinski definition) is 5. The fraction of sp³-hybridized carbons (Fsp3) is 0.533. The molecule has 0 atom stereocenters. The maximum atomic E-state index is 12.5. The molecule has 126 valence electrons. The van der Waals surface area contributed by atoms with Crippen LogP contribution in [0.4, 0.5) is 11.4 Å². The third-order valence-corrected chi connectivity index (χ3v) is 4.27. The Bertz CT molecular complexity index is 584. The Hall–Kier alpha value is -1.86. The number of carbonyl (C=O) groups excluding carboxylic acids is 1. The Kier molecular flexibility index (Phi) is 5.79. The van der Waals surface area contributed by atoms with E-state index in [0.29, 0.717) is 24.3 Å². The molecule has 0 saturated carbocycles. The summed E-state index contributed by atoms with van der Waals surface area (Å²) in [6, 6.07) is 4.86. The van der Waals surface area contributed by atoms with E-state index in [-0.39, 0.29) is 28.9 Å². The number of rotatable bonds is 3. The summed E-state index contributed by atoms with van der Waals surface area (Å²) in [5, 5.41) is 14.6. The zero-order valence-electron chi connectivity index (χ0n) is 12.9. The lowest BCUT2D eigenvalue weighted by Crippen LogP contribution is -2.46. The summed E-state index contributed by atoms with van der Waals surface area (Å²) in [4.78, 5) is 27.2. The molecule has 2 heterocycles. The number of halogens is 1. The lowest BCUT2D eigenvalue weighted by atomic mass is 10.1. The summed E-state index contributed by atoms with van der Waals surface area (Å²) in [5.74, 6) is -0.127. The van der Waals surface area contributed by atoms with Crippen molar-refractivity contribution in [1.29, 1.82) is 0 Å². The summed E-state index contributed by atoms with van der Waals surface area (Å²) in [7, 11) is 0. The molecule has 23 heavy (non-hydrogen) atoms. The van der Waals surface area contributed by atoms with Crippen LogP contribution in [0.25, 0.3) is 0 Å². The van der Waals surface area contributed by atoms with Gasteiger partial charge in [-0.05, 0) is 25.0 Å². The second kappa shape index (κ2) is 7.61. The molecular weight excluding hydrogens is 320 g/mol. The number of nitrogens with one attached hydrogen (secondary N) is 1. The first kappa shape index (κ1) is 17.5. The number of hydrogen-bond donors (Lipinski definition) is 1. The third-order valence-electron chi connectivity index (χ3n) is 4.27. The number of benzene rings is 1. The van der Waals surface area contributed by atoms with Crippen molar-refractivity contribution in [1.82, 2.24) is 10.2 Å². The Morgan fingerprint density at radius 1 is 1.13 bits per heavy atom. The van der Waals surface area contributed by atoms with E-state index in [4.69, 9.17) is 0 Å². The van der Waals surface area contributed by atoms with E-state index in [9.17, 15) is 14.9 Å². The number of anilines is 1. The van der Waals surface area contributed by atoms with Gasteiger partial charge in [-0.15, -0.1) is 12.4 Å². The predicted octanol–water partition coefficient (Wildman–Crippen LogP) is 1.66. The molecule has 2 aliphatic rings. The van der Waals surface area contributed by atoms with E-state index in [1.807, 2.05) is 4.90 Å². The fourth-order valence-corrected chi connectivity index (χ4v) is 3.08. The van der Waals surface area contributed by atoms with Crippen LogP contribution in [0.1, 0.15) is 23.2 Å². The molecule has 0 radical (unpaired) electrons. The molecule has 0 aliphatic carbocycles. The maximum Gasteiger partial charge on any atom is 0.293 e. The molecule has 0 aromatic heterocycles. The van der Waals surface area contributed by atoms with Gasteiger partial charge in [-0.3, -0.25) is 14.9 Å². The standard InChI is InChI=1S/C15H20N4O3.ClH/c20-15(18-9-5-16-6-10-18)12-3-4-13(14(11-12)19(21)22)17-7-1-2-8-17;/h3-4,11,16H,1-2,5-10H2;1H. The Morgan fingerprint density at radius 2 is 1.78 bits per heavy atom. The number of nitro groups is 1. The van der Waals surface area contributed by atoms with E-state index in [1.54, 1.807) is 17.0 Å². The lowest BCUT2D eigenvalue weighted by molar-refractivity contribution is -0.384. The van der Waals surface area contributed by atoms with Crippen LogP contribution >= 0.6 is 12.4 Å². The molecule has 0 bridgehead atoms. The predicted molar refractivity (Wildman–Crippen MR) is 90.6 cm³/mol. The van der Waals surface area contributed by atoms with Crippen LogP contribution in [0.2, 0.25) is 0 Å². The van der Waals surface area contributed by atoms with Crippen molar-refractivity contribution in [3.8, 4) is 0 Å². The smallest absolute Gasteiger partial charge is 0.293 e. The monoisotopic (exact) mass is 340 g/mol. The molecule has 2 fully saturated rings. The average Bonchev–Trinajstić information content (AvgIpc) is 3.08.